The molecule has 7 N–H and O–H groups in total. The molecule has 20 nitrogen and oxygen atoms in total. The Labute approximate surface area is 273 Å². The SMILES string of the molecule is CC(=O)OC(C)=O.COC(=O)CCC(=O)Nc1ccc(/C(N)=N/O)cn1.COC(=O)CCC(=O)Nc1ccc(/C(N)=N/OC(C)=O)cn1. The highest BCUT2D eigenvalue weighted by atomic mass is 16.7. The molecule has 0 unspecified atom stereocenters. The van der Waals surface area contributed by atoms with Gasteiger partial charge in [-0.3, -0.25) is 28.8 Å². The Morgan fingerprint density at radius 3 is 1.40 bits per heavy atom. The number of amidine groups is 2. The Balaban J connectivity index is 0.000000774. The van der Waals surface area contributed by atoms with Crippen LogP contribution in [0.25, 0.3) is 0 Å². The topological polar surface area (TPSA) is 303 Å². The average molecular weight is 677 g/mol. The predicted molar refractivity (Wildman–Crippen MR) is 166 cm³/mol. The Bertz CT molecular complexity index is 1460. The molecule has 0 aliphatic carbocycles. The van der Waals surface area contributed by atoms with Gasteiger partial charge in [0, 0.05) is 57.1 Å². The number of amides is 2. The first-order valence-corrected chi connectivity index (χ1v) is 13.4. The Morgan fingerprint density at radius 2 is 1.10 bits per heavy atom. The maximum absolute atomic E-state index is 11.6. The summed E-state index contributed by atoms with van der Waals surface area (Å²) in [6.45, 7) is 3.56. The van der Waals surface area contributed by atoms with Crippen LogP contribution in [0.5, 0.6) is 0 Å². The molecule has 0 saturated carbocycles. The first kappa shape index (κ1) is 41.5. The van der Waals surface area contributed by atoms with Crippen molar-refractivity contribution < 1.29 is 57.8 Å². The highest BCUT2D eigenvalue weighted by Crippen LogP contribution is 2.07. The molecule has 2 aromatic heterocycles. The molecule has 2 aromatic rings. The number of rotatable bonds is 11. The Hall–Kier alpha value is -6.47. The minimum Gasteiger partial charge on any atom is -0.469 e. The van der Waals surface area contributed by atoms with Gasteiger partial charge in [-0.05, 0) is 24.3 Å². The summed E-state index contributed by atoms with van der Waals surface area (Å²) >= 11 is 0. The number of esters is 4. The Kier molecular flexibility index (Phi) is 19.9. The number of nitrogens with zero attached hydrogens (tertiary/aromatic N) is 4. The van der Waals surface area contributed by atoms with E-state index in [0.717, 1.165) is 0 Å². The molecule has 0 spiro atoms. The summed E-state index contributed by atoms with van der Waals surface area (Å²) in [7, 11) is 2.51. The highest BCUT2D eigenvalue weighted by molar-refractivity contribution is 5.98. The molecule has 0 aliphatic heterocycles. The van der Waals surface area contributed by atoms with E-state index in [1.54, 1.807) is 6.07 Å². The number of aromatic nitrogens is 2. The molecule has 2 heterocycles. The fraction of sp³-hybridized carbons (Fsp3) is 0.321. The molecule has 0 bridgehead atoms. The van der Waals surface area contributed by atoms with E-state index in [1.165, 1.54) is 65.6 Å². The van der Waals surface area contributed by atoms with E-state index in [-0.39, 0.29) is 49.2 Å². The maximum atomic E-state index is 11.6. The van der Waals surface area contributed by atoms with E-state index in [9.17, 15) is 33.6 Å². The quantitative estimate of drug-likeness (QED) is 0.0313. The maximum Gasteiger partial charge on any atom is 0.332 e. The molecule has 260 valence electrons. The van der Waals surface area contributed by atoms with Gasteiger partial charge in [0.15, 0.2) is 11.7 Å². The largest absolute Gasteiger partial charge is 0.469 e. The second kappa shape index (κ2) is 23.0. The average Bonchev–Trinajstić information content (AvgIpc) is 3.05. The van der Waals surface area contributed by atoms with Gasteiger partial charge in [-0.1, -0.05) is 10.3 Å². The minimum atomic E-state index is -0.592. The number of hydrogen-bond acceptors (Lipinski definition) is 16. The molecular formula is C28H36N8O12. The van der Waals surface area contributed by atoms with Gasteiger partial charge in [-0.25, -0.2) is 14.8 Å². The number of pyridine rings is 2. The van der Waals surface area contributed by atoms with Crippen LogP contribution < -0.4 is 22.1 Å². The van der Waals surface area contributed by atoms with Crippen LogP contribution in [0.3, 0.4) is 0 Å². The summed E-state index contributed by atoms with van der Waals surface area (Å²) in [6, 6.07) is 6.09. The molecule has 0 aromatic carbocycles. The molecule has 0 fully saturated rings. The summed E-state index contributed by atoms with van der Waals surface area (Å²) in [6.07, 6.45) is 2.71. The van der Waals surface area contributed by atoms with Crippen molar-refractivity contribution in [3.05, 3.63) is 47.8 Å². The van der Waals surface area contributed by atoms with E-state index >= 15 is 0 Å². The van der Waals surface area contributed by atoms with Crippen molar-refractivity contribution in [2.24, 2.45) is 21.8 Å². The number of ether oxygens (including phenoxy) is 3. The molecule has 0 aliphatic rings. The summed E-state index contributed by atoms with van der Waals surface area (Å²) in [5.74, 6) is -2.85. The third-order valence-electron chi connectivity index (χ3n) is 4.89. The number of oxime groups is 2. The van der Waals surface area contributed by atoms with Crippen LogP contribution >= 0.6 is 0 Å². The molecule has 2 rings (SSSR count). The lowest BCUT2D eigenvalue weighted by Gasteiger charge is -2.05. The number of carbonyl (C=O) groups excluding carboxylic acids is 7. The lowest BCUT2D eigenvalue weighted by atomic mass is 10.2. The monoisotopic (exact) mass is 676 g/mol. The van der Waals surface area contributed by atoms with Crippen LogP contribution in [0.15, 0.2) is 47.0 Å². The van der Waals surface area contributed by atoms with E-state index in [4.69, 9.17) is 16.7 Å². The minimum absolute atomic E-state index is 0.00450. The summed E-state index contributed by atoms with van der Waals surface area (Å²) in [5.41, 5.74) is 11.8. The molecule has 0 radical (unpaired) electrons. The van der Waals surface area contributed by atoms with Crippen molar-refractivity contribution in [3.8, 4) is 0 Å². The normalized spacial score (nSPS) is 10.4. The van der Waals surface area contributed by atoms with Crippen molar-refractivity contribution in [1.82, 2.24) is 9.97 Å². The number of nitrogens with one attached hydrogen (secondary N) is 2. The zero-order chi connectivity index (χ0) is 36.6. The van der Waals surface area contributed by atoms with Crippen molar-refractivity contribution in [2.75, 3.05) is 24.9 Å². The molecule has 0 atom stereocenters. The second-order valence-electron chi connectivity index (χ2n) is 8.74. The number of methoxy groups -OCH3 is 2. The van der Waals surface area contributed by atoms with Crippen LogP contribution in [0, 0.1) is 0 Å². The molecule has 20 heteroatoms. The molecular weight excluding hydrogens is 640 g/mol. The molecule has 48 heavy (non-hydrogen) atoms. The summed E-state index contributed by atoms with van der Waals surface area (Å²) in [5, 5.41) is 19.7. The number of anilines is 2. The van der Waals surface area contributed by atoms with E-state index in [2.05, 4.69) is 50.0 Å². The first-order valence-electron chi connectivity index (χ1n) is 13.4. The van der Waals surface area contributed by atoms with Crippen LogP contribution in [0.4, 0.5) is 11.6 Å². The lowest BCUT2D eigenvalue weighted by Crippen LogP contribution is -2.17. The standard InChI is InChI=1S/C13H16N4O5.C11H14N4O4.C4H6O3/c1-8(18)22-17-13(14)9-3-4-10(15-7-9)16-11(19)5-6-12(20)21-2;1-19-10(17)5-4-9(16)14-8-3-2-7(6-13-8)11(12)15-18;1-3(5)7-4(2)6/h3-4,7H,5-6H2,1-2H3,(H2,14,17)(H,15,16,19);2-3,6,18H,4-5H2,1H3,(H2,12,15)(H,13,14,16);1-2H3. The van der Waals surface area contributed by atoms with Gasteiger partial charge in [0.1, 0.15) is 11.6 Å². The highest BCUT2D eigenvalue weighted by Gasteiger charge is 2.10. The van der Waals surface area contributed by atoms with Gasteiger partial charge in [-0.15, -0.1) is 0 Å². The lowest BCUT2D eigenvalue weighted by molar-refractivity contribution is -0.156. The summed E-state index contributed by atoms with van der Waals surface area (Å²) in [4.78, 5) is 87.3. The molecule has 0 saturated heterocycles. The van der Waals surface area contributed by atoms with Crippen molar-refractivity contribution in [2.45, 2.75) is 46.5 Å². The molecule has 2 amide bonds. The zero-order valence-corrected chi connectivity index (χ0v) is 26.7. The van der Waals surface area contributed by atoms with E-state index in [1.807, 2.05) is 0 Å². The van der Waals surface area contributed by atoms with Crippen LogP contribution in [0.2, 0.25) is 0 Å². The van der Waals surface area contributed by atoms with Crippen LogP contribution in [0.1, 0.15) is 57.6 Å². The fourth-order valence-corrected chi connectivity index (χ4v) is 2.71. The van der Waals surface area contributed by atoms with Gasteiger partial charge < -0.3 is 46.4 Å². The van der Waals surface area contributed by atoms with Crippen LogP contribution in [-0.4, -0.2) is 82.7 Å². The van der Waals surface area contributed by atoms with Gasteiger partial charge in [0.05, 0.1) is 27.1 Å². The van der Waals surface area contributed by atoms with Gasteiger partial charge in [0.2, 0.25) is 11.8 Å². The number of hydrogen-bond donors (Lipinski definition) is 5. The predicted octanol–water partition coefficient (Wildman–Crippen LogP) is 0.321. The fourth-order valence-electron chi connectivity index (χ4n) is 2.71. The second-order valence-corrected chi connectivity index (χ2v) is 8.74. The number of nitrogens with two attached hydrogens (primary N) is 2. The van der Waals surface area contributed by atoms with E-state index < -0.39 is 29.8 Å². The van der Waals surface area contributed by atoms with Gasteiger partial charge >= 0.3 is 29.8 Å². The zero-order valence-electron chi connectivity index (χ0n) is 26.7. The Morgan fingerprint density at radius 1 is 0.688 bits per heavy atom. The first-order chi connectivity index (χ1) is 22.6. The van der Waals surface area contributed by atoms with Crippen molar-refractivity contribution >= 4 is 65.0 Å². The smallest absolute Gasteiger partial charge is 0.332 e. The van der Waals surface area contributed by atoms with Crippen molar-refractivity contribution in [3.63, 3.8) is 0 Å². The number of carbonyl (C=O) groups is 7. The van der Waals surface area contributed by atoms with Crippen molar-refractivity contribution in [1.29, 1.82) is 0 Å². The third kappa shape index (κ3) is 19.7. The van der Waals surface area contributed by atoms with Gasteiger partial charge in [0.25, 0.3) is 0 Å². The summed E-state index contributed by atoms with van der Waals surface area (Å²) < 4.78 is 12.8. The van der Waals surface area contributed by atoms with Crippen LogP contribution in [-0.2, 0) is 52.6 Å². The van der Waals surface area contributed by atoms with E-state index in [0.29, 0.717) is 22.8 Å². The van der Waals surface area contributed by atoms with Gasteiger partial charge in [-0.2, -0.15) is 0 Å². The third-order valence-corrected chi connectivity index (χ3v) is 4.89.